The van der Waals surface area contributed by atoms with Crippen molar-refractivity contribution in [1.29, 1.82) is 0 Å². The van der Waals surface area contributed by atoms with Gasteiger partial charge in [-0.15, -0.1) is 0 Å². The van der Waals surface area contributed by atoms with E-state index >= 15 is 0 Å². The van der Waals surface area contributed by atoms with Crippen LogP contribution in [0.15, 0.2) is 0 Å². The number of hydrogen-bond donors (Lipinski definition) is 0. The van der Waals surface area contributed by atoms with Crippen molar-refractivity contribution in [2.75, 3.05) is 17.3 Å². The maximum absolute atomic E-state index is 11.5. The molecule has 0 atom stereocenters. The molecule has 0 aliphatic rings. The van der Waals surface area contributed by atoms with Crippen LogP contribution in [0.25, 0.3) is 0 Å². The van der Waals surface area contributed by atoms with Crippen molar-refractivity contribution in [3.8, 4) is 0 Å². The monoisotopic (exact) mass is 217 g/mol. The number of carbonyl (C=O) groups is 1. The lowest BCUT2D eigenvalue weighted by Crippen LogP contribution is -2.19. The molecule has 0 aliphatic heterocycles. The van der Waals surface area contributed by atoms with E-state index in [1.54, 1.807) is 0 Å². The lowest BCUT2D eigenvalue weighted by Gasteiger charge is -2.03. The molecule has 1 nitrogen and oxygen atoms in total. The van der Waals surface area contributed by atoms with Crippen LogP contribution in [0.4, 0.5) is 0 Å². The van der Waals surface area contributed by atoms with E-state index in [1.807, 2.05) is 0 Å². The minimum Gasteiger partial charge on any atom is -0.294 e. The Kier molecular flexibility index (Phi) is 9.58. The van der Waals surface area contributed by atoms with Crippen LogP contribution in [0.5, 0.6) is 0 Å². The zero-order valence-electron chi connectivity index (χ0n) is 9.97. The highest BCUT2D eigenvalue weighted by Crippen LogP contribution is 2.05. The highest BCUT2D eigenvalue weighted by molar-refractivity contribution is 7.97. The van der Waals surface area contributed by atoms with Crippen molar-refractivity contribution in [3.63, 3.8) is 0 Å². The number of unbranched alkanes of at least 4 members (excludes halogenated alkanes) is 3. The summed E-state index contributed by atoms with van der Waals surface area (Å²) in [6.45, 7) is 6.58. The van der Waals surface area contributed by atoms with E-state index < -0.39 is 0 Å². The van der Waals surface area contributed by atoms with Crippen molar-refractivity contribution < 1.29 is 4.79 Å². The predicted octanol–water partition coefficient (Wildman–Crippen LogP) is 3.18. The second-order valence-electron chi connectivity index (χ2n) is 3.68. The number of Topliss-reactive ketones (excluding diaryl/α,β-unsaturated/α-hetero) is 1. The largest absolute Gasteiger partial charge is 0.294 e. The third-order valence-electron chi connectivity index (χ3n) is 2.49. The molecule has 0 saturated heterocycles. The molecular formula is C12H25OS+. The van der Waals surface area contributed by atoms with E-state index in [2.05, 4.69) is 20.8 Å². The molecule has 0 bridgehead atoms. The number of hydrogen-bond acceptors (Lipinski definition) is 1. The normalized spacial score (nSPS) is 10.9. The molecule has 0 rings (SSSR count). The molecule has 0 saturated carbocycles. The first-order valence-electron chi connectivity index (χ1n) is 5.90. The molecule has 14 heavy (non-hydrogen) atoms. The van der Waals surface area contributed by atoms with Crippen LogP contribution in [-0.4, -0.2) is 23.0 Å². The van der Waals surface area contributed by atoms with Crippen LogP contribution in [0, 0.1) is 0 Å². The second kappa shape index (κ2) is 9.57. The standard InChI is InChI=1S/C12H25OS/c1-4-7-8-9-10-12(13)11-14(5-2)6-3/h4-11H2,1-3H3/q+1. The fraction of sp³-hybridized carbons (Fsp3) is 0.917. The molecule has 0 N–H and O–H groups in total. The topological polar surface area (TPSA) is 17.1 Å². The molecule has 0 aromatic carbocycles. The second-order valence-corrected chi connectivity index (χ2v) is 6.35. The zero-order chi connectivity index (χ0) is 10.8. The third kappa shape index (κ3) is 7.43. The third-order valence-corrected chi connectivity index (χ3v) is 4.85. The molecule has 0 radical (unpaired) electrons. The summed E-state index contributed by atoms with van der Waals surface area (Å²) in [7, 11) is 0.375. The average molecular weight is 217 g/mol. The Morgan fingerprint density at radius 2 is 1.64 bits per heavy atom. The van der Waals surface area contributed by atoms with Gasteiger partial charge in [-0.25, -0.2) is 0 Å². The maximum atomic E-state index is 11.5. The molecule has 0 spiro atoms. The summed E-state index contributed by atoms with van der Waals surface area (Å²) in [5.41, 5.74) is 0. The summed E-state index contributed by atoms with van der Waals surface area (Å²) >= 11 is 0. The minimum atomic E-state index is 0.375. The van der Waals surface area contributed by atoms with Crippen LogP contribution in [0.2, 0.25) is 0 Å². The van der Waals surface area contributed by atoms with Gasteiger partial charge in [-0.3, -0.25) is 4.79 Å². The Bertz CT molecular complexity index is 141. The van der Waals surface area contributed by atoms with Gasteiger partial charge in [0.25, 0.3) is 0 Å². The highest BCUT2D eigenvalue weighted by Gasteiger charge is 2.17. The van der Waals surface area contributed by atoms with E-state index in [4.69, 9.17) is 0 Å². The Hall–Kier alpha value is 0.0200. The van der Waals surface area contributed by atoms with Gasteiger partial charge in [0.15, 0.2) is 11.5 Å². The molecule has 0 aromatic heterocycles. The molecule has 2 heteroatoms. The zero-order valence-corrected chi connectivity index (χ0v) is 10.8. The Balaban J connectivity index is 3.44. The lowest BCUT2D eigenvalue weighted by atomic mass is 10.1. The van der Waals surface area contributed by atoms with Gasteiger partial charge >= 0.3 is 0 Å². The quantitative estimate of drug-likeness (QED) is 0.428. The van der Waals surface area contributed by atoms with Crippen LogP contribution < -0.4 is 0 Å². The SMILES string of the molecule is CCCCCCC(=O)C[S+](CC)CC. The molecule has 84 valence electrons. The van der Waals surface area contributed by atoms with E-state index in [9.17, 15) is 4.79 Å². The first kappa shape index (κ1) is 14.0. The molecule has 0 unspecified atom stereocenters. The van der Waals surface area contributed by atoms with Gasteiger partial charge in [0.1, 0.15) is 11.5 Å². The van der Waals surface area contributed by atoms with Crippen molar-refractivity contribution >= 4 is 16.7 Å². The molecule has 0 amide bonds. The van der Waals surface area contributed by atoms with Gasteiger partial charge in [-0.05, 0) is 31.2 Å². The fourth-order valence-corrected chi connectivity index (χ4v) is 2.87. The smallest absolute Gasteiger partial charge is 0.181 e. The first-order valence-corrected chi connectivity index (χ1v) is 7.63. The van der Waals surface area contributed by atoms with Gasteiger partial charge in [0.2, 0.25) is 0 Å². The lowest BCUT2D eigenvalue weighted by molar-refractivity contribution is -0.116. The first-order chi connectivity index (χ1) is 6.74. The van der Waals surface area contributed by atoms with E-state index in [0.29, 0.717) is 16.7 Å². The van der Waals surface area contributed by atoms with Crippen LogP contribution >= 0.6 is 0 Å². The predicted molar refractivity (Wildman–Crippen MR) is 67.1 cm³/mol. The molecule has 0 heterocycles. The summed E-state index contributed by atoms with van der Waals surface area (Å²) < 4.78 is 0. The van der Waals surface area contributed by atoms with Crippen molar-refractivity contribution in [1.82, 2.24) is 0 Å². The number of ketones is 1. The van der Waals surface area contributed by atoms with Gasteiger partial charge in [0.05, 0.1) is 0 Å². The van der Waals surface area contributed by atoms with Gasteiger partial charge in [-0.2, -0.15) is 0 Å². The molecular weight excluding hydrogens is 192 g/mol. The van der Waals surface area contributed by atoms with Crippen molar-refractivity contribution in [2.24, 2.45) is 0 Å². The average Bonchev–Trinajstić information content (AvgIpc) is 2.21. The summed E-state index contributed by atoms with van der Waals surface area (Å²) in [5, 5.41) is 0. The van der Waals surface area contributed by atoms with Gasteiger partial charge in [-0.1, -0.05) is 26.2 Å². The molecule has 0 fully saturated rings. The van der Waals surface area contributed by atoms with Crippen LogP contribution in [0.1, 0.15) is 52.9 Å². The van der Waals surface area contributed by atoms with Gasteiger partial charge in [0, 0.05) is 6.42 Å². The van der Waals surface area contributed by atoms with Crippen LogP contribution in [-0.2, 0) is 15.7 Å². The van der Waals surface area contributed by atoms with Crippen molar-refractivity contribution in [3.05, 3.63) is 0 Å². The summed E-state index contributed by atoms with van der Waals surface area (Å²) in [5.74, 6) is 3.70. The van der Waals surface area contributed by atoms with E-state index in [0.717, 1.165) is 18.6 Å². The fourth-order valence-electron chi connectivity index (χ4n) is 1.46. The summed E-state index contributed by atoms with van der Waals surface area (Å²) in [4.78, 5) is 11.5. The number of carbonyl (C=O) groups excluding carboxylic acids is 1. The summed E-state index contributed by atoms with van der Waals surface area (Å²) in [6, 6.07) is 0. The summed E-state index contributed by atoms with van der Waals surface area (Å²) in [6.07, 6.45) is 5.69. The highest BCUT2D eigenvalue weighted by atomic mass is 32.2. The minimum absolute atomic E-state index is 0.375. The number of rotatable bonds is 9. The maximum Gasteiger partial charge on any atom is 0.181 e. The molecule has 0 aliphatic carbocycles. The van der Waals surface area contributed by atoms with Crippen molar-refractivity contribution in [2.45, 2.75) is 52.9 Å². The Morgan fingerprint density at radius 3 is 2.14 bits per heavy atom. The Labute approximate surface area is 92.0 Å². The van der Waals surface area contributed by atoms with Crippen LogP contribution in [0.3, 0.4) is 0 Å². The Morgan fingerprint density at radius 1 is 1.00 bits per heavy atom. The van der Waals surface area contributed by atoms with E-state index in [1.165, 1.54) is 30.8 Å². The molecule has 0 aromatic rings. The van der Waals surface area contributed by atoms with E-state index in [-0.39, 0.29) is 0 Å². The van der Waals surface area contributed by atoms with Gasteiger partial charge < -0.3 is 0 Å².